The maximum atomic E-state index is 9.51. The second-order valence-corrected chi connectivity index (χ2v) is 5.45. The van der Waals surface area contributed by atoms with Crippen molar-refractivity contribution in [2.75, 3.05) is 13.2 Å². The van der Waals surface area contributed by atoms with Gasteiger partial charge in [-0.15, -0.1) is 0 Å². The molecule has 1 aliphatic rings. The molecule has 0 unspecified atom stereocenters. The Bertz CT molecular complexity index is 338. The molecule has 1 aliphatic carbocycles. The summed E-state index contributed by atoms with van der Waals surface area (Å²) in [4.78, 5) is 0. The highest BCUT2D eigenvalue weighted by molar-refractivity contribution is 5.21. The average molecular weight is 233 g/mol. The normalized spacial score (nSPS) is 18.5. The van der Waals surface area contributed by atoms with Crippen LogP contribution in [-0.2, 0) is 6.54 Å². The van der Waals surface area contributed by atoms with E-state index in [1.807, 2.05) is 0 Å². The Hall–Kier alpha value is -0.860. The third-order valence-electron chi connectivity index (χ3n) is 3.95. The summed E-state index contributed by atoms with van der Waals surface area (Å²) in [6, 6.07) is 8.63. The molecular weight excluding hydrogens is 210 g/mol. The number of hydrogen-bond donors (Lipinski definition) is 2. The van der Waals surface area contributed by atoms with Crippen LogP contribution in [0.25, 0.3) is 0 Å². The number of aliphatic hydroxyl groups excluding tert-OH is 1. The number of nitrogens with one attached hydrogen (secondary N) is 1. The Kier molecular flexibility index (Phi) is 4.19. The van der Waals surface area contributed by atoms with Gasteiger partial charge in [-0.3, -0.25) is 0 Å². The Morgan fingerprint density at radius 1 is 1.18 bits per heavy atom. The van der Waals surface area contributed by atoms with E-state index in [1.54, 1.807) is 0 Å². The van der Waals surface area contributed by atoms with Crippen LogP contribution in [0.1, 0.15) is 36.8 Å². The van der Waals surface area contributed by atoms with Crippen LogP contribution in [0.5, 0.6) is 0 Å². The van der Waals surface area contributed by atoms with Gasteiger partial charge in [0.25, 0.3) is 0 Å². The minimum absolute atomic E-state index is 0.157. The van der Waals surface area contributed by atoms with Gasteiger partial charge in [-0.25, -0.2) is 0 Å². The predicted molar refractivity (Wildman–Crippen MR) is 70.9 cm³/mol. The van der Waals surface area contributed by atoms with Gasteiger partial charge in [-0.2, -0.15) is 0 Å². The van der Waals surface area contributed by atoms with E-state index in [0.29, 0.717) is 6.61 Å². The van der Waals surface area contributed by atoms with Crippen molar-refractivity contribution in [1.82, 2.24) is 5.32 Å². The number of hydrogen-bond acceptors (Lipinski definition) is 2. The summed E-state index contributed by atoms with van der Waals surface area (Å²) in [5.74, 6) is 0. The van der Waals surface area contributed by atoms with Gasteiger partial charge in [0.15, 0.2) is 0 Å². The highest BCUT2D eigenvalue weighted by atomic mass is 16.3. The van der Waals surface area contributed by atoms with E-state index in [0.717, 1.165) is 13.1 Å². The lowest BCUT2D eigenvalue weighted by Gasteiger charge is -2.26. The van der Waals surface area contributed by atoms with Gasteiger partial charge in [0.1, 0.15) is 0 Å². The van der Waals surface area contributed by atoms with Crippen molar-refractivity contribution in [3.05, 3.63) is 35.4 Å². The van der Waals surface area contributed by atoms with E-state index in [9.17, 15) is 5.11 Å². The molecule has 2 rings (SSSR count). The van der Waals surface area contributed by atoms with Crippen LogP contribution in [0, 0.1) is 12.3 Å². The highest BCUT2D eigenvalue weighted by Gasteiger charge is 2.32. The smallest absolute Gasteiger partial charge is 0.0499 e. The highest BCUT2D eigenvalue weighted by Crippen LogP contribution is 2.36. The van der Waals surface area contributed by atoms with Gasteiger partial charge in [0.2, 0.25) is 0 Å². The lowest BCUT2D eigenvalue weighted by atomic mass is 9.87. The van der Waals surface area contributed by atoms with E-state index in [2.05, 4.69) is 36.5 Å². The minimum atomic E-state index is 0.157. The van der Waals surface area contributed by atoms with Crippen LogP contribution in [0.3, 0.4) is 0 Å². The summed E-state index contributed by atoms with van der Waals surface area (Å²) in [7, 11) is 0. The van der Waals surface area contributed by atoms with E-state index >= 15 is 0 Å². The van der Waals surface area contributed by atoms with Gasteiger partial charge in [0.05, 0.1) is 0 Å². The molecule has 2 heteroatoms. The number of rotatable bonds is 5. The first kappa shape index (κ1) is 12.6. The first-order valence-electron chi connectivity index (χ1n) is 6.61. The fourth-order valence-corrected chi connectivity index (χ4v) is 2.69. The van der Waals surface area contributed by atoms with Crippen LogP contribution in [0.2, 0.25) is 0 Å². The molecule has 0 spiro atoms. The molecule has 0 radical (unpaired) electrons. The molecule has 1 fully saturated rings. The molecule has 17 heavy (non-hydrogen) atoms. The van der Waals surface area contributed by atoms with E-state index in [-0.39, 0.29) is 5.41 Å². The van der Waals surface area contributed by atoms with Crippen molar-refractivity contribution >= 4 is 0 Å². The maximum Gasteiger partial charge on any atom is 0.0499 e. The lowest BCUT2D eigenvalue weighted by Crippen LogP contribution is -2.34. The van der Waals surface area contributed by atoms with Crippen LogP contribution in [0.4, 0.5) is 0 Å². The van der Waals surface area contributed by atoms with Crippen molar-refractivity contribution in [2.45, 2.75) is 39.2 Å². The van der Waals surface area contributed by atoms with Gasteiger partial charge in [0, 0.05) is 25.1 Å². The molecule has 1 aromatic carbocycles. The van der Waals surface area contributed by atoms with Crippen molar-refractivity contribution in [3.63, 3.8) is 0 Å². The fourth-order valence-electron chi connectivity index (χ4n) is 2.69. The van der Waals surface area contributed by atoms with Gasteiger partial charge in [-0.05, 0) is 25.3 Å². The van der Waals surface area contributed by atoms with Crippen molar-refractivity contribution in [3.8, 4) is 0 Å². The SMILES string of the molecule is Cc1ccc(CNCC2(CO)CCCC2)cc1. The second-order valence-electron chi connectivity index (χ2n) is 5.45. The molecule has 0 heterocycles. The Labute approximate surface area is 104 Å². The Morgan fingerprint density at radius 2 is 1.82 bits per heavy atom. The topological polar surface area (TPSA) is 32.3 Å². The van der Waals surface area contributed by atoms with E-state index < -0.39 is 0 Å². The molecular formula is C15H23NO. The first-order valence-corrected chi connectivity index (χ1v) is 6.61. The zero-order valence-corrected chi connectivity index (χ0v) is 10.7. The summed E-state index contributed by atoms with van der Waals surface area (Å²) < 4.78 is 0. The summed E-state index contributed by atoms with van der Waals surface area (Å²) >= 11 is 0. The van der Waals surface area contributed by atoms with Crippen LogP contribution in [0.15, 0.2) is 24.3 Å². The quantitative estimate of drug-likeness (QED) is 0.819. The van der Waals surface area contributed by atoms with Crippen LogP contribution in [-0.4, -0.2) is 18.3 Å². The average Bonchev–Trinajstić information content (AvgIpc) is 2.81. The molecule has 94 valence electrons. The minimum Gasteiger partial charge on any atom is -0.396 e. The third-order valence-corrected chi connectivity index (χ3v) is 3.95. The summed E-state index contributed by atoms with van der Waals surface area (Å²) in [6.07, 6.45) is 4.88. The largest absolute Gasteiger partial charge is 0.396 e. The third kappa shape index (κ3) is 3.30. The standard InChI is InChI=1S/C15H23NO/c1-13-4-6-14(7-5-13)10-16-11-15(12-17)8-2-3-9-15/h4-7,16-17H,2-3,8-12H2,1H3. The van der Waals surface area contributed by atoms with Crippen LogP contribution < -0.4 is 5.32 Å². The number of aryl methyl sites for hydroxylation is 1. The molecule has 0 atom stereocenters. The molecule has 2 nitrogen and oxygen atoms in total. The molecule has 1 saturated carbocycles. The van der Waals surface area contributed by atoms with Gasteiger partial charge < -0.3 is 10.4 Å². The molecule has 0 bridgehead atoms. The molecule has 2 N–H and O–H groups in total. The van der Waals surface area contributed by atoms with Crippen molar-refractivity contribution in [2.24, 2.45) is 5.41 Å². The zero-order chi connectivity index (χ0) is 12.1. The Balaban J connectivity index is 1.80. The lowest BCUT2D eigenvalue weighted by molar-refractivity contribution is 0.128. The molecule has 1 aromatic rings. The van der Waals surface area contributed by atoms with Crippen LogP contribution >= 0.6 is 0 Å². The molecule has 0 aliphatic heterocycles. The summed E-state index contributed by atoms with van der Waals surface area (Å²) in [5, 5.41) is 13.0. The van der Waals surface area contributed by atoms with Gasteiger partial charge >= 0.3 is 0 Å². The molecule has 0 aromatic heterocycles. The zero-order valence-electron chi connectivity index (χ0n) is 10.7. The molecule has 0 saturated heterocycles. The van der Waals surface area contributed by atoms with E-state index in [1.165, 1.54) is 36.8 Å². The summed E-state index contributed by atoms with van der Waals surface area (Å²) in [5.41, 5.74) is 2.78. The van der Waals surface area contributed by atoms with Crippen molar-refractivity contribution < 1.29 is 5.11 Å². The second kappa shape index (κ2) is 5.65. The Morgan fingerprint density at radius 3 is 2.41 bits per heavy atom. The number of aliphatic hydroxyl groups is 1. The maximum absolute atomic E-state index is 9.51. The monoisotopic (exact) mass is 233 g/mol. The van der Waals surface area contributed by atoms with E-state index in [4.69, 9.17) is 0 Å². The molecule has 0 amide bonds. The number of benzene rings is 1. The van der Waals surface area contributed by atoms with Crippen molar-refractivity contribution in [1.29, 1.82) is 0 Å². The summed E-state index contributed by atoms with van der Waals surface area (Å²) in [6.45, 7) is 4.28. The predicted octanol–water partition coefficient (Wildman–Crippen LogP) is 2.64. The fraction of sp³-hybridized carbons (Fsp3) is 0.600. The van der Waals surface area contributed by atoms with Gasteiger partial charge in [-0.1, -0.05) is 42.7 Å². The first-order chi connectivity index (χ1) is 8.24.